The summed E-state index contributed by atoms with van der Waals surface area (Å²) in [7, 11) is 0. The van der Waals surface area contributed by atoms with Gasteiger partial charge in [0.15, 0.2) is 0 Å². The van der Waals surface area contributed by atoms with Gasteiger partial charge >= 0.3 is 0 Å². The molecule has 3 heteroatoms. The Labute approximate surface area is 103 Å². The second-order valence-electron chi connectivity index (χ2n) is 5.45. The van der Waals surface area contributed by atoms with Gasteiger partial charge in [-0.3, -0.25) is 0 Å². The van der Waals surface area contributed by atoms with Crippen molar-refractivity contribution in [3.05, 3.63) is 29.8 Å². The Balaban J connectivity index is 2.27. The van der Waals surface area contributed by atoms with Gasteiger partial charge in [-0.2, -0.15) is 0 Å². The molecule has 2 N–H and O–H groups in total. The van der Waals surface area contributed by atoms with Crippen molar-refractivity contribution < 1.29 is 5.11 Å². The predicted octanol–water partition coefficient (Wildman–Crippen LogP) is 1.54. The third-order valence-corrected chi connectivity index (χ3v) is 3.31. The Morgan fingerprint density at radius 2 is 2.12 bits per heavy atom. The second kappa shape index (κ2) is 4.67. The topological polar surface area (TPSA) is 35.5 Å². The number of aliphatic hydroxyl groups is 1. The molecule has 1 aliphatic heterocycles. The van der Waals surface area contributed by atoms with E-state index in [2.05, 4.69) is 48.3 Å². The molecular weight excluding hydrogens is 212 g/mol. The maximum atomic E-state index is 10.3. The van der Waals surface area contributed by atoms with Gasteiger partial charge < -0.3 is 15.3 Å². The summed E-state index contributed by atoms with van der Waals surface area (Å²) in [6, 6.07) is 8.75. The van der Waals surface area contributed by atoms with Crippen LogP contribution in [0.1, 0.15) is 19.4 Å². The number of para-hydroxylation sites is 1. The molecule has 94 valence electrons. The van der Waals surface area contributed by atoms with E-state index in [1.807, 2.05) is 6.92 Å². The van der Waals surface area contributed by atoms with E-state index >= 15 is 0 Å². The zero-order valence-electron chi connectivity index (χ0n) is 10.9. The zero-order chi connectivity index (χ0) is 12.5. The maximum absolute atomic E-state index is 10.3. The van der Waals surface area contributed by atoms with E-state index in [-0.39, 0.29) is 0 Å². The van der Waals surface area contributed by atoms with Gasteiger partial charge in [-0.15, -0.1) is 0 Å². The average molecular weight is 234 g/mol. The normalized spacial score (nSPS) is 30.1. The number of hydrogen-bond acceptors (Lipinski definition) is 3. The number of hydrogen-bond donors (Lipinski definition) is 2. The van der Waals surface area contributed by atoms with Crippen LogP contribution >= 0.6 is 0 Å². The van der Waals surface area contributed by atoms with E-state index in [0.29, 0.717) is 19.1 Å². The first-order valence-electron chi connectivity index (χ1n) is 6.24. The Kier molecular flexibility index (Phi) is 3.40. The molecule has 2 atom stereocenters. The van der Waals surface area contributed by atoms with Crippen molar-refractivity contribution in [2.75, 3.05) is 24.5 Å². The summed E-state index contributed by atoms with van der Waals surface area (Å²) in [4.78, 5) is 2.28. The summed E-state index contributed by atoms with van der Waals surface area (Å²) in [6.07, 6.45) is 0. The van der Waals surface area contributed by atoms with Crippen molar-refractivity contribution in [1.29, 1.82) is 0 Å². The molecule has 1 aliphatic rings. The molecule has 2 unspecified atom stereocenters. The minimum atomic E-state index is -0.674. The van der Waals surface area contributed by atoms with E-state index < -0.39 is 5.60 Å². The molecule has 0 amide bonds. The Hall–Kier alpha value is -1.06. The van der Waals surface area contributed by atoms with Crippen LogP contribution in [-0.2, 0) is 0 Å². The van der Waals surface area contributed by atoms with Crippen LogP contribution in [0.15, 0.2) is 24.3 Å². The molecule has 1 aromatic carbocycles. The molecular formula is C14H22N2O. The molecule has 0 radical (unpaired) electrons. The lowest BCUT2D eigenvalue weighted by Crippen LogP contribution is -2.43. The molecule has 17 heavy (non-hydrogen) atoms. The van der Waals surface area contributed by atoms with Crippen LogP contribution in [0.5, 0.6) is 0 Å². The summed E-state index contributed by atoms with van der Waals surface area (Å²) in [5.74, 6) is 0. The Bertz CT molecular complexity index is 390. The van der Waals surface area contributed by atoms with Gasteiger partial charge in [0.1, 0.15) is 0 Å². The van der Waals surface area contributed by atoms with Crippen LogP contribution in [0, 0.1) is 6.92 Å². The highest BCUT2D eigenvalue weighted by Gasteiger charge is 2.29. The predicted molar refractivity (Wildman–Crippen MR) is 71.5 cm³/mol. The van der Waals surface area contributed by atoms with Gasteiger partial charge in [0, 0.05) is 31.4 Å². The molecule has 0 bridgehead atoms. The van der Waals surface area contributed by atoms with Gasteiger partial charge in [0.2, 0.25) is 0 Å². The fourth-order valence-electron chi connectivity index (χ4n) is 2.42. The number of anilines is 1. The van der Waals surface area contributed by atoms with Crippen molar-refractivity contribution >= 4 is 5.69 Å². The minimum absolute atomic E-state index is 0.392. The molecule has 0 spiro atoms. The highest BCUT2D eigenvalue weighted by Crippen LogP contribution is 2.23. The largest absolute Gasteiger partial charge is 0.387 e. The molecule has 1 heterocycles. The molecule has 0 aliphatic carbocycles. The minimum Gasteiger partial charge on any atom is -0.387 e. The van der Waals surface area contributed by atoms with Crippen molar-refractivity contribution in [3.63, 3.8) is 0 Å². The smallest absolute Gasteiger partial charge is 0.0917 e. The quantitative estimate of drug-likeness (QED) is 0.774. The third kappa shape index (κ3) is 2.99. The van der Waals surface area contributed by atoms with Crippen molar-refractivity contribution in [1.82, 2.24) is 5.32 Å². The highest BCUT2D eigenvalue weighted by atomic mass is 16.3. The van der Waals surface area contributed by atoms with Crippen LogP contribution in [0.4, 0.5) is 5.69 Å². The van der Waals surface area contributed by atoms with E-state index in [1.54, 1.807) is 0 Å². The first-order chi connectivity index (χ1) is 7.98. The van der Waals surface area contributed by atoms with Crippen LogP contribution in [0.25, 0.3) is 0 Å². The molecule has 1 saturated heterocycles. The van der Waals surface area contributed by atoms with Crippen LogP contribution in [0.2, 0.25) is 0 Å². The molecule has 2 rings (SSSR count). The summed E-state index contributed by atoms with van der Waals surface area (Å²) < 4.78 is 0. The first kappa shape index (κ1) is 12.4. The number of β-amino-alcohol motifs (C(OH)–C–C–N with tert-alkyl or cyclic N) is 1. The van der Waals surface area contributed by atoms with Gasteiger partial charge in [0.25, 0.3) is 0 Å². The lowest BCUT2D eigenvalue weighted by Gasteiger charge is -2.31. The lowest BCUT2D eigenvalue weighted by molar-refractivity contribution is 0.0718. The fraction of sp³-hybridized carbons (Fsp3) is 0.571. The number of nitrogens with zero attached hydrogens (tertiary/aromatic N) is 1. The van der Waals surface area contributed by atoms with Crippen molar-refractivity contribution in [3.8, 4) is 0 Å². The fourth-order valence-corrected chi connectivity index (χ4v) is 2.42. The summed E-state index contributed by atoms with van der Waals surface area (Å²) >= 11 is 0. The molecule has 3 nitrogen and oxygen atoms in total. The SMILES string of the molecule is Cc1ccccc1N1CC(C)NCC(C)(O)C1. The first-order valence-corrected chi connectivity index (χ1v) is 6.24. The summed E-state index contributed by atoms with van der Waals surface area (Å²) in [5, 5.41) is 13.7. The van der Waals surface area contributed by atoms with Crippen molar-refractivity contribution in [2.45, 2.75) is 32.4 Å². The van der Waals surface area contributed by atoms with E-state index in [0.717, 1.165) is 6.54 Å². The Morgan fingerprint density at radius 1 is 1.41 bits per heavy atom. The lowest BCUT2D eigenvalue weighted by atomic mass is 10.1. The second-order valence-corrected chi connectivity index (χ2v) is 5.45. The Morgan fingerprint density at radius 3 is 2.82 bits per heavy atom. The zero-order valence-corrected chi connectivity index (χ0v) is 10.9. The van der Waals surface area contributed by atoms with Crippen LogP contribution in [-0.4, -0.2) is 36.4 Å². The number of nitrogens with one attached hydrogen (secondary N) is 1. The summed E-state index contributed by atoms with van der Waals surface area (Å²) in [5.41, 5.74) is 1.81. The number of benzene rings is 1. The van der Waals surface area contributed by atoms with E-state index in [9.17, 15) is 5.11 Å². The van der Waals surface area contributed by atoms with Crippen LogP contribution in [0.3, 0.4) is 0 Å². The van der Waals surface area contributed by atoms with Gasteiger partial charge in [-0.25, -0.2) is 0 Å². The molecule has 1 aromatic rings. The standard InChI is InChI=1S/C14H22N2O/c1-11-6-4-5-7-13(11)16-8-12(2)15-9-14(3,17)10-16/h4-7,12,15,17H,8-10H2,1-3H3. The van der Waals surface area contributed by atoms with Gasteiger partial charge in [-0.05, 0) is 32.4 Å². The van der Waals surface area contributed by atoms with Crippen LogP contribution < -0.4 is 10.2 Å². The van der Waals surface area contributed by atoms with E-state index in [1.165, 1.54) is 11.3 Å². The molecule has 1 fully saturated rings. The van der Waals surface area contributed by atoms with E-state index in [4.69, 9.17) is 0 Å². The average Bonchev–Trinajstić information content (AvgIpc) is 2.38. The van der Waals surface area contributed by atoms with Gasteiger partial charge in [-0.1, -0.05) is 18.2 Å². The third-order valence-electron chi connectivity index (χ3n) is 3.31. The highest BCUT2D eigenvalue weighted by molar-refractivity contribution is 5.53. The molecule has 0 aromatic heterocycles. The van der Waals surface area contributed by atoms with Crippen molar-refractivity contribution in [2.24, 2.45) is 0 Å². The summed E-state index contributed by atoms with van der Waals surface area (Å²) in [6.45, 7) is 8.43. The number of aryl methyl sites for hydroxylation is 1. The molecule has 0 saturated carbocycles. The maximum Gasteiger partial charge on any atom is 0.0917 e. The monoisotopic (exact) mass is 234 g/mol. The number of rotatable bonds is 1. The van der Waals surface area contributed by atoms with Gasteiger partial charge in [0.05, 0.1) is 5.60 Å².